The summed E-state index contributed by atoms with van der Waals surface area (Å²) < 4.78 is 1.88. The van der Waals surface area contributed by atoms with Gasteiger partial charge in [-0.05, 0) is 42.4 Å². The summed E-state index contributed by atoms with van der Waals surface area (Å²) in [6, 6.07) is 18.1. The molecule has 1 atom stereocenters. The second-order valence-electron chi connectivity index (χ2n) is 9.31. The molecule has 36 heavy (non-hydrogen) atoms. The predicted molar refractivity (Wildman–Crippen MR) is 139 cm³/mol. The van der Waals surface area contributed by atoms with Gasteiger partial charge in [0.05, 0.1) is 24.1 Å². The number of rotatable bonds is 9. The van der Waals surface area contributed by atoms with E-state index in [1.54, 1.807) is 17.3 Å². The molecule has 1 saturated heterocycles. The van der Waals surface area contributed by atoms with Gasteiger partial charge >= 0.3 is 0 Å². The van der Waals surface area contributed by atoms with E-state index in [2.05, 4.69) is 58.4 Å². The van der Waals surface area contributed by atoms with E-state index in [1.165, 1.54) is 5.56 Å². The fourth-order valence-electron chi connectivity index (χ4n) is 4.83. The lowest BCUT2D eigenvalue weighted by atomic mass is 10.0. The molecule has 2 aromatic heterocycles. The second-order valence-corrected chi connectivity index (χ2v) is 9.31. The first-order valence-electron chi connectivity index (χ1n) is 12.7. The molecule has 4 aromatic rings. The number of amides is 1. The molecule has 0 bridgehead atoms. The molecule has 0 aliphatic carbocycles. The van der Waals surface area contributed by atoms with Crippen LogP contribution in [0.4, 0.5) is 0 Å². The minimum atomic E-state index is -0.459. The van der Waals surface area contributed by atoms with Gasteiger partial charge in [0.1, 0.15) is 0 Å². The Morgan fingerprint density at radius 2 is 1.78 bits per heavy atom. The van der Waals surface area contributed by atoms with Crippen molar-refractivity contribution in [2.75, 3.05) is 6.54 Å². The zero-order valence-electron chi connectivity index (χ0n) is 20.6. The van der Waals surface area contributed by atoms with Gasteiger partial charge in [-0.1, -0.05) is 61.5 Å². The van der Waals surface area contributed by atoms with E-state index in [9.17, 15) is 9.59 Å². The van der Waals surface area contributed by atoms with Gasteiger partial charge in [-0.2, -0.15) is 5.10 Å². The molecule has 0 radical (unpaired) electrons. The van der Waals surface area contributed by atoms with Gasteiger partial charge in [0, 0.05) is 31.3 Å². The number of likely N-dealkylation sites (tertiary alicyclic amines) is 1. The first-order chi connectivity index (χ1) is 17.6. The SMILES string of the molecule is CCCn1cc(-c2cnc(C(=O)[C@@H]3CCCN3C(=O)CCc3ccc(-c4ccccc4)cc3)[nH]2)cn1. The number of nitrogens with zero attached hydrogens (tertiary/aromatic N) is 4. The van der Waals surface area contributed by atoms with Crippen molar-refractivity contribution in [1.29, 1.82) is 0 Å². The lowest BCUT2D eigenvalue weighted by Crippen LogP contribution is -2.41. The summed E-state index contributed by atoms with van der Waals surface area (Å²) in [4.78, 5) is 35.5. The molecule has 0 spiro atoms. The summed E-state index contributed by atoms with van der Waals surface area (Å²) in [5, 5.41) is 4.35. The number of Topliss-reactive ketones (excluding diaryl/α,β-unsaturated/α-hetero) is 1. The Kier molecular flexibility index (Phi) is 7.07. The Morgan fingerprint density at radius 3 is 2.56 bits per heavy atom. The molecule has 7 nitrogen and oxygen atoms in total. The minimum absolute atomic E-state index is 0.0191. The number of hydrogen-bond donors (Lipinski definition) is 1. The van der Waals surface area contributed by atoms with Gasteiger partial charge in [0.25, 0.3) is 0 Å². The molecule has 1 fully saturated rings. The highest BCUT2D eigenvalue weighted by molar-refractivity contribution is 6.00. The first-order valence-corrected chi connectivity index (χ1v) is 12.7. The molecule has 1 amide bonds. The quantitative estimate of drug-likeness (QED) is 0.335. The van der Waals surface area contributed by atoms with E-state index in [0.717, 1.165) is 41.8 Å². The van der Waals surface area contributed by atoms with Gasteiger partial charge in [-0.25, -0.2) is 4.98 Å². The van der Waals surface area contributed by atoms with Gasteiger partial charge in [0.15, 0.2) is 5.82 Å². The molecule has 5 rings (SSSR count). The number of ketones is 1. The number of aryl methyl sites for hydroxylation is 2. The molecule has 1 aliphatic heterocycles. The van der Waals surface area contributed by atoms with Crippen LogP contribution in [0.3, 0.4) is 0 Å². The van der Waals surface area contributed by atoms with E-state index in [0.29, 0.717) is 31.6 Å². The largest absolute Gasteiger partial charge is 0.335 e. The summed E-state index contributed by atoms with van der Waals surface area (Å²) in [6.07, 6.45) is 8.91. The molecular formula is C29H31N5O2. The Labute approximate surface area is 211 Å². The highest BCUT2D eigenvalue weighted by Crippen LogP contribution is 2.24. The zero-order chi connectivity index (χ0) is 24.9. The number of imidazole rings is 1. The number of carbonyl (C=O) groups excluding carboxylic acids is 2. The molecule has 7 heteroatoms. The van der Waals surface area contributed by atoms with Crippen LogP contribution in [-0.4, -0.2) is 48.9 Å². The number of benzene rings is 2. The molecule has 0 unspecified atom stereocenters. The van der Waals surface area contributed by atoms with Gasteiger partial charge in [-0.15, -0.1) is 0 Å². The summed E-state index contributed by atoms with van der Waals surface area (Å²) >= 11 is 0. The number of aromatic amines is 1. The predicted octanol–water partition coefficient (Wildman–Crippen LogP) is 5.16. The van der Waals surface area contributed by atoms with Crippen LogP contribution < -0.4 is 0 Å². The van der Waals surface area contributed by atoms with Crippen molar-refractivity contribution >= 4 is 11.7 Å². The van der Waals surface area contributed by atoms with Crippen LogP contribution in [0.5, 0.6) is 0 Å². The smallest absolute Gasteiger partial charge is 0.223 e. The number of hydrogen-bond acceptors (Lipinski definition) is 4. The first kappa shape index (κ1) is 23.7. The van der Waals surface area contributed by atoms with E-state index in [1.807, 2.05) is 29.1 Å². The van der Waals surface area contributed by atoms with Crippen LogP contribution in [0.2, 0.25) is 0 Å². The Morgan fingerprint density at radius 1 is 1.00 bits per heavy atom. The lowest BCUT2D eigenvalue weighted by molar-refractivity contribution is -0.131. The van der Waals surface area contributed by atoms with Crippen LogP contribution in [0.25, 0.3) is 22.4 Å². The van der Waals surface area contributed by atoms with Crippen LogP contribution >= 0.6 is 0 Å². The van der Waals surface area contributed by atoms with E-state index in [-0.39, 0.29) is 11.7 Å². The van der Waals surface area contributed by atoms with Crippen LogP contribution in [0.1, 0.15) is 48.8 Å². The molecule has 1 N–H and O–H groups in total. The van der Waals surface area contributed by atoms with Crippen molar-refractivity contribution in [1.82, 2.24) is 24.6 Å². The monoisotopic (exact) mass is 481 g/mol. The molecule has 3 heterocycles. The summed E-state index contributed by atoms with van der Waals surface area (Å²) in [6.45, 7) is 3.56. The minimum Gasteiger partial charge on any atom is -0.335 e. The van der Waals surface area contributed by atoms with E-state index < -0.39 is 6.04 Å². The van der Waals surface area contributed by atoms with Crippen LogP contribution in [0, 0.1) is 0 Å². The summed E-state index contributed by atoms with van der Waals surface area (Å²) in [5.74, 6) is 0.195. The van der Waals surface area contributed by atoms with E-state index >= 15 is 0 Å². The third kappa shape index (κ3) is 5.15. The van der Waals surface area contributed by atoms with Crippen LogP contribution in [0.15, 0.2) is 73.2 Å². The fraction of sp³-hybridized carbons (Fsp3) is 0.310. The van der Waals surface area contributed by atoms with Crippen molar-refractivity contribution in [3.63, 3.8) is 0 Å². The third-order valence-electron chi connectivity index (χ3n) is 6.77. The maximum Gasteiger partial charge on any atom is 0.223 e. The number of H-pyrrole nitrogens is 1. The Balaban J connectivity index is 1.20. The molecule has 2 aromatic carbocycles. The number of carbonyl (C=O) groups is 2. The summed E-state index contributed by atoms with van der Waals surface area (Å²) in [5.41, 5.74) is 5.10. The van der Waals surface area contributed by atoms with Crippen molar-refractivity contribution in [3.05, 3.63) is 84.6 Å². The molecule has 1 aliphatic rings. The number of nitrogens with one attached hydrogen (secondary N) is 1. The summed E-state index contributed by atoms with van der Waals surface area (Å²) in [7, 11) is 0. The maximum atomic E-state index is 13.3. The average Bonchev–Trinajstić information content (AvgIpc) is 3.69. The fourth-order valence-corrected chi connectivity index (χ4v) is 4.83. The lowest BCUT2D eigenvalue weighted by Gasteiger charge is -2.23. The average molecular weight is 482 g/mol. The van der Waals surface area contributed by atoms with Crippen molar-refractivity contribution in [2.24, 2.45) is 0 Å². The molecule has 0 saturated carbocycles. The highest BCUT2D eigenvalue weighted by atomic mass is 16.2. The Bertz CT molecular complexity index is 1320. The molecule has 184 valence electrons. The van der Waals surface area contributed by atoms with Gasteiger partial charge in [0.2, 0.25) is 11.7 Å². The normalized spacial score (nSPS) is 15.4. The molecular weight excluding hydrogens is 450 g/mol. The Hall–Kier alpha value is -4.00. The number of aromatic nitrogens is 4. The van der Waals surface area contributed by atoms with Gasteiger partial charge in [-0.3, -0.25) is 14.3 Å². The highest BCUT2D eigenvalue weighted by Gasteiger charge is 2.35. The third-order valence-corrected chi connectivity index (χ3v) is 6.77. The van der Waals surface area contributed by atoms with Gasteiger partial charge < -0.3 is 9.88 Å². The van der Waals surface area contributed by atoms with Crippen LogP contribution in [-0.2, 0) is 17.8 Å². The maximum absolute atomic E-state index is 13.3. The van der Waals surface area contributed by atoms with Crippen molar-refractivity contribution in [3.8, 4) is 22.4 Å². The topological polar surface area (TPSA) is 83.9 Å². The standard InChI is InChI=1S/C29H31N5O2/c1-2-16-33-20-24(18-31-33)25-19-30-29(32-25)28(36)26-9-6-17-34(26)27(35)15-12-21-10-13-23(14-11-21)22-7-4-3-5-8-22/h3-5,7-8,10-11,13-14,18-20,26H,2,6,9,12,15-17H2,1H3,(H,30,32)/t26-/m0/s1. The van der Waals surface area contributed by atoms with E-state index in [4.69, 9.17) is 0 Å². The second kappa shape index (κ2) is 10.7. The van der Waals surface area contributed by atoms with Crippen molar-refractivity contribution in [2.45, 2.75) is 51.6 Å². The zero-order valence-corrected chi connectivity index (χ0v) is 20.6. The van der Waals surface area contributed by atoms with Crippen molar-refractivity contribution < 1.29 is 9.59 Å².